The number of halogens is 1. The smallest absolute Gasteiger partial charge is 0.185 e. The molecule has 1 heterocycles. The maximum atomic E-state index is 5.99. The van der Waals surface area contributed by atoms with E-state index in [1.807, 2.05) is 43.3 Å². The molecule has 2 aromatic carbocycles. The summed E-state index contributed by atoms with van der Waals surface area (Å²) in [5.74, 6) is 2.54. The SMILES string of the molecule is C=C(OCC)c1ccc(Oc2ccc(Br)c(C3OCCO3)c2)cc1OC. The van der Waals surface area contributed by atoms with Crippen molar-refractivity contribution in [2.24, 2.45) is 0 Å². The summed E-state index contributed by atoms with van der Waals surface area (Å²) in [4.78, 5) is 0. The molecular formula is C20H21BrO5. The van der Waals surface area contributed by atoms with Crippen LogP contribution in [0.5, 0.6) is 17.2 Å². The molecule has 5 nitrogen and oxygen atoms in total. The molecular weight excluding hydrogens is 400 g/mol. The average molecular weight is 421 g/mol. The van der Waals surface area contributed by atoms with Crippen molar-refractivity contribution in [1.82, 2.24) is 0 Å². The number of rotatable bonds is 7. The predicted molar refractivity (Wildman–Crippen MR) is 103 cm³/mol. The fraction of sp³-hybridized carbons (Fsp3) is 0.300. The Morgan fingerprint density at radius 3 is 2.54 bits per heavy atom. The third-order valence-electron chi connectivity index (χ3n) is 3.87. The second-order valence-corrected chi connectivity index (χ2v) is 6.43. The normalized spacial score (nSPS) is 14.3. The van der Waals surface area contributed by atoms with E-state index in [4.69, 9.17) is 23.7 Å². The van der Waals surface area contributed by atoms with E-state index in [1.165, 1.54) is 0 Å². The lowest BCUT2D eigenvalue weighted by molar-refractivity contribution is -0.0447. The van der Waals surface area contributed by atoms with E-state index in [-0.39, 0.29) is 6.29 Å². The van der Waals surface area contributed by atoms with Gasteiger partial charge in [0.25, 0.3) is 0 Å². The number of hydrogen-bond acceptors (Lipinski definition) is 5. The van der Waals surface area contributed by atoms with Crippen LogP contribution in [0, 0.1) is 0 Å². The van der Waals surface area contributed by atoms with Crippen LogP contribution in [0.4, 0.5) is 0 Å². The summed E-state index contributed by atoms with van der Waals surface area (Å²) in [6, 6.07) is 11.2. The molecule has 0 N–H and O–H groups in total. The molecule has 1 fully saturated rings. The summed E-state index contributed by atoms with van der Waals surface area (Å²) in [6.45, 7) is 7.57. The standard InChI is InChI=1S/C20H21BrO5/c1-4-23-13(2)16-7-5-15(12-19(16)22-3)26-14-6-8-18(21)17(11-14)20-24-9-10-25-20/h5-8,11-12,20H,2,4,9-10H2,1,3H3. The van der Waals surface area contributed by atoms with Crippen LogP contribution in [0.1, 0.15) is 24.3 Å². The molecule has 0 amide bonds. The topological polar surface area (TPSA) is 46.2 Å². The Morgan fingerprint density at radius 1 is 1.15 bits per heavy atom. The Kier molecular flexibility index (Phi) is 6.19. The molecule has 1 aliphatic rings. The first-order valence-corrected chi connectivity index (χ1v) is 9.12. The maximum Gasteiger partial charge on any atom is 0.185 e. The first kappa shape index (κ1) is 18.8. The summed E-state index contributed by atoms with van der Waals surface area (Å²) >= 11 is 3.53. The third-order valence-corrected chi connectivity index (χ3v) is 4.59. The summed E-state index contributed by atoms with van der Waals surface area (Å²) in [5.41, 5.74) is 1.69. The highest BCUT2D eigenvalue weighted by Gasteiger charge is 2.21. The molecule has 1 aliphatic heterocycles. The Morgan fingerprint density at radius 2 is 1.85 bits per heavy atom. The van der Waals surface area contributed by atoms with Crippen LogP contribution >= 0.6 is 15.9 Å². The molecule has 1 saturated heterocycles. The Balaban J connectivity index is 1.82. The van der Waals surface area contributed by atoms with Gasteiger partial charge in [-0.25, -0.2) is 0 Å². The third kappa shape index (κ3) is 4.20. The molecule has 138 valence electrons. The average Bonchev–Trinajstić information content (AvgIpc) is 3.18. The molecule has 6 heteroatoms. The molecule has 0 radical (unpaired) electrons. The first-order valence-electron chi connectivity index (χ1n) is 8.33. The fourth-order valence-electron chi connectivity index (χ4n) is 2.66. The van der Waals surface area contributed by atoms with Gasteiger partial charge in [0.2, 0.25) is 0 Å². The van der Waals surface area contributed by atoms with Crippen molar-refractivity contribution < 1.29 is 23.7 Å². The highest BCUT2D eigenvalue weighted by molar-refractivity contribution is 9.10. The molecule has 0 aliphatic carbocycles. The number of benzene rings is 2. The van der Waals surface area contributed by atoms with E-state index < -0.39 is 0 Å². The molecule has 0 aromatic heterocycles. The van der Waals surface area contributed by atoms with Crippen molar-refractivity contribution >= 4 is 21.7 Å². The van der Waals surface area contributed by atoms with E-state index in [1.54, 1.807) is 7.11 Å². The molecule has 3 rings (SSSR count). The summed E-state index contributed by atoms with van der Waals surface area (Å²) < 4.78 is 29.0. The molecule has 0 saturated carbocycles. The Bertz CT molecular complexity index is 784. The van der Waals surface area contributed by atoms with Crippen LogP contribution in [0.2, 0.25) is 0 Å². The van der Waals surface area contributed by atoms with Crippen LogP contribution in [0.25, 0.3) is 5.76 Å². The molecule has 2 aromatic rings. The molecule has 0 unspecified atom stereocenters. The van der Waals surface area contributed by atoms with Gasteiger partial charge in [0.15, 0.2) is 6.29 Å². The van der Waals surface area contributed by atoms with Crippen molar-refractivity contribution in [1.29, 1.82) is 0 Å². The monoisotopic (exact) mass is 420 g/mol. The summed E-state index contributed by atoms with van der Waals surface area (Å²) in [7, 11) is 1.61. The highest BCUT2D eigenvalue weighted by atomic mass is 79.9. The number of methoxy groups -OCH3 is 1. The van der Waals surface area contributed by atoms with E-state index >= 15 is 0 Å². The van der Waals surface area contributed by atoms with Gasteiger partial charge in [-0.3, -0.25) is 0 Å². The summed E-state index contributed by atoms with van der Waals surface area (Å²) in [5, 5.41) is 0. The van der Waals surface area contributed by atoms with Gasteiger partial charge in [-0.2, -0.15) is 0 Å². The summed E-state index contributed by atoms with van der Waals surface area (Å²) in [6.07, 6.45) is -0.376. The minimum absolute atomic E-state index is 0.376. The van der Waals surface area contributed by atoms with Crippen LogP contribution in [0.15, 0.2) is 47.4 Å². The zero-order valence-electron chi connectivity index (χ0n) is 14.8. The number of ether oxygens (including phenoxy) is 5. The highest BCUT2D eigenvalue weighted by Crippen LogP contribution is 2.36. The van der Waals surface area contributed by atoms with Crippen molar-refractivity contribution in [3.8, 4) is 17.2 Å². The lowest BCUT2D eigenvalue weighted by atomic mass is 10.1. The fourth-order valence-corrected chi connectivity index (χ4v) is 3.09. The maximum absolute atomic E-state index is 5.99. The zero-order valence-corrected chi connectivity index (χ0v) is 16.4. The van der Waals surface area contributed by atoms with Crippen molar-refractivity contribution in [2.45, 2.75) is 13.2 Å². The van der Waals surface area contributed by atoms with Gasteiger partial charge in [-0.1, -0.05) is 22.5 Å². The Hall–Kier alpha value is -2.02. The van der Waals surface area contributed by atoms with Gasteiger partial charge in [0.05, 0.1) is 32.5 Å². The quantitative estimate of drug-likeness (QED) is 0.568. The minimum atomic E-state index is -0.376. The molecule has 0 atom stereocenters. The van der Waals surface area contributed by atoms with E-state index in [0.717, 1.165) is 15.6 Å². The largest absolute Gasteiger partial charge is 0.496 e. The van der Waals surface area contributed by atoms with Gasteiger partial charge in [-0.15, -0.1) is 0 Å². The van der Waals surface area contributed by atoms with Crippen LogP contribution in [0.3, 0.4) is 0 Å². The lowest BCUT2D eigenvalue weighted by Gasteiger charge is -2.15. The second-order valence-electron chi connectivity index (χ2n) is 5.58. The molecule has 0 bridgehead atoms. The second kappa shape index (κ2) is 8.58. The van der Waals surface area contributed by atoms with E-state index in [2.05, 4.69) is 22.5 Å². The van der Waals surface area contributed by atoms with Gasteiger partial charge >= 0.3 is 0 Å². The lowest BCUT2D eigenvalue weighted by Crippen LogP contribution is -2.00. The van der Waals surface area contributed by atoms with Crippen molar-refractivity contribution in [3.05, 3.63) is 58.6 Å². The predicted octanol–water partition coefficient (Wildman–Crippen LogP) is 5.30. The van der Waals surface area contributed by atoms with Gasteiger partial charge in [0.1, 0.15) is 23.0 Å². The first-order chi connectivity index (χ1) is 12.6. The molecule has 26 heavy (non-hydrogen) atoms. The van der Waals surface area contributed by atoms with Gasteiger partial charge in [-0.05, 0) is 37.3 Å². The number of hydrogen-bond donors (Lipinski definition) is 0. The van der Waals surface area contributed by atoms with Gasteiger partial charge < -0.3 is 23.7 Å². The minimum Gasteiger partial charge on any atom is -0.496 e. The van der Waals surface area contributed by atoms with Crippen molar-refractivity contribution in [2.75, 3.05) is 26.9 Å². The van der Waals surface area contributed by atoms with Gasteiger partial charge in [0, 0.05) is 16.1 Å². The van der Waals surface area contributed by atoms with Crippen LogP contribution in [-0.4, -0.2) is 26.9 Å². The zero-order chi connectivity index (χ0) is 18.5. The van der Waals surface area contributed by atoms with Crippen LogP contribution < -0.4 is 9.47 Å². The Labute approximate surface area is 161 Å². The van der Waals surface area contributed by atoms with E-state index in [0.29, 0.717) is 42.8 Å². The van der Waals surface area contributed by atoms with E-state index in [9.17, 15) is 0 Å². The van der Waals surface area contributed by atoms with Crippen LogP contribution in [-0.2, 0) is 14.2 Å². The van der Waals surface area contributed by atoms with Crippen molar-refractivity contribution in [3.63, 3.8) is 0 Å². The molecule has 0 spiro atoms.